The highest BCUT2D eigenvalue weighted by molar-refractivity contribution is 5.15. The van der Waals surface area contributed by atoms with Gasteiger partial charge in [0.15, 0.2) is 0 Å². The first-order valence-corrected chi connectivity index (χ1v) is 3.87. The molecule has 52 valence electrons. The molecule has 0 unspecified atom stereocenters. The van der Waals surface area contributed by atoms with Crippen molar-refractivity contribution in [3.05, 3.63) is 12.2 Å². The van der Waals surface area contributed by atoms with Crippen LogP contribution >= 0.6 is 0 Å². The molecule has 0 amide bonds. The largest absolute Gasteiger partial charge is 0.0996 e. The minimum absolute atomic E-state index is 0.606. The highest BCUT2D eigenvalue weighted by Gasteiger charge is 2.41. The molecule has 0 aromatic heterocycles. The molecule has 0 aromatic carbocycles. The first-order chi connectivity index (χ1) is 4.21. The van der Waals surface area contributed by atoms with E-state index in [1.807, 2.05) is 0 Å². The lowest BCUT2D eigenvalue weighted by Gasteiger charge is -2.12. The average Bonchev–Trinajstić information content (AvgIpc) is 2.49. The van der Waals surface area contributed by atoms with E-state index in [4.69, 9.17) is 0 Å². The van der Waals surface area contributed by atoms with E-state index in [0.29, 0.717) is 5.41 Å². The first-order valence-electron chi connectivity index (χ1n) is 3.87. The van der Waals surface area contributed by atoms with Gasteiger partial charge in [-0.3, -0.25) is 0 Å². The Labute approximate surface area is 58.0 Å². The Morgan fingerprint density at radius 3 is 2.22 bits per heavy atom. The van der Waals surface area contributed by atoms with Gasteiger partial charge < -0.3 is 0 Å². The number of allylic oxidation sites excluding steroid dienone is 1. The maximum atomic E-state index is 4.01. The molecule has 0 bridgehead atoms. The van der Waals surface area contributed by atoms with Gasteiger partial charge in [-0.25, -0.2) is 0 Å². The molecule has 0 aromatic rings. The zero-order valence-electron chi connectivity index (χ0n) is 6.54. The van der Waals surface area contributed by atoms with Crippen molar-refractivity contribution in [2.24, 2.45) is 5.41 Å². The third-order valence-corrected chi connectivity index (χ3v) is 2.49. The molecule has 1 rings (SSSR count). The van der Waals surface area contributed by atoms with Gasteiger partial charge in [0.1, 0.15) is 0 Å². The molecule has 1 aliphatic rings. The summed E-state index contributed by atoms with van der Waals surface area (Å²) in [5.74, 6) is 0. The lowest BCUT2D eigenvalue weighted by Crippen LogP contribution is -1.99. The smallest absolute Gasteiger partial charge is 0.00930 e. The Bertz CT molecular complexity index is 118. The zero-order valence-corrected chi connectivity index (χ0v) is 6.54. The van der Waals surface area contributed by atoms with Crippen LogP contribution in [0.25, 0.3) is 0 Å². The van der Waals surface area contributed by atoms with E-state index in [-0.39, 0.29) is 0 Å². The zero-order chi connectivity index (χ0) is 6.91. The number of hydrogen-bond acceptors (Lipinski definition) is 0. The van der Waals surface area contributed by atoms with Gasteiger partial charge in [-0.2, -0.15) is 0 Å². The highest BCUT2D eigenvalue weighted by atomic mass is 14.5. The average molecular weight is 124 g/mol. The summed E-state index contributed by atoms with van der Waals surface area (Å²) in [5, 5.41) is 0. The lowest BCUT2D eigenvalue weighted by molar-refractivity contribution is 0.540. The second-order valence-corrected chi connectivity index (χ2v) is 3.31. The van der Waals surface area contributed by atoms with Crippen molar-refractivity contribution in [2.75, 3.05) is 0 Å². The van der Waals surface area contributed by atoms with E-state index in [9.17, 15) is 0 Å². The van der Waals surface area contributed by atoms with Crippen LogP contribution in [-0.2, 0) is 0 Å². The van der Waals surface area contributed by atoms with E-state index >= 15 is 0 Å². The quantitative estimate of drug-likeness (QED) is 0.507. The lowest BCUT2D eigenvalue weighted by atomic mass is 9.93. The van der Waals surface area contributed by atoms with Crippen LogP contribution in [0.4, 0.5) is 0 Å². The van der Waals surface area contributed by atoms with Crippen molar-refractivity contribution < 1.29 is 0 Å². The number of rotatable bonds is 3. The molecule has 0 N–H and O–H groups in total. The van der Waals surface area contributed by atoms with Crippen molar-refractivity contribution in [3.8, 4) is 0 Å². The summed E-state index contributed by atoms with van der Waals surface area (Å²) >= 11 is 0. The van der Waals surface area contributed by atoms with Gasteiger partial charge in [0.05, 0.1) is 0 Å². The fraction of sp³-hybridized carbons (Fsp3) is 0.778. The summed E-state index contributed by atoms with van der Waals surface area (Å²) < 4.78 is 0. The Morgan fingerprint density at radius 2 is 2.11 bits per heavy atom. The predicted octanol–water partition coefficient (Wildman–Crippen LogP) is 3.14. The molecule has 1 fully saturated rings. The van der Waals surface area contributed by atoms with Crippen molar-refractivity contribution in [1.82, 2.24) is 0 Å². The van der Waals surface area contributed by atoms with Crippen LogP contribution in [0, 0.1) is 5.41 Å². The monoisotopic (exact) mass is 124 g/mol. The Balaban J connectivity index is 2.43. The van der Waals surface area contributed by atoms with E-state index < -0.39 is 0 Å². The van der Waals surface area contributed by atoms with E-state index in [1.54, 1.807) is 0 Å². The summed E-state index contributed by atoms with van der Waals surface area (Å²) in [5.41, 5.74) is 2.01. The van der Waals surface area contributed by atoms with Gasteiger partial charge in [-0.15, -0.1) is 0 Å². The van der Waals surface area contributed by atoms with Gasteiger partial charge >= 0.3 is 0 Å². The topological polar surface area (TPSA) is 0 Å². The van der Waals surface area contributed by atoms with Crippen LogP contribution in [0.3, 0.4) is 0 Å². The van der Waals surface area contributed by atoms with Gasteiger partial charge in [0.2, 0.25) is 0 Å². The van der Waals surface area contributed by atoms with Crippen LogP contribution in [0.2, 0.25) is 0 Å². The van der Waals surface area contributed by atoms with E-state index in [0.717, 1.165) is 0 Å². The summed E-state index contributed by atoms with van der Waals surface area (Å²) in [7, 11) is 0. The van der Waals surface area contributed by atoms with Crippen LogP contribution in [0.15, 0.2) is 12.2 Å². The Kier molecular flexibility index (Phi) is 1.65. The Morgan fingerprint density at radius 1 is 1.56 bits per heavy atom. The van der Waals surface area contributed by atoms with E-state index in [1.165, 1.54) is 31.3 Å². The molecule has 0 atom stereocenters. The van der Waals surface area contributed by atoms with E-state index in [2.05, 4.69) is 20.4 Å². The van der Waals surface area contributed by atoms with Crippen molar-refractivity contribution >= 4 is 0 Å². The molecule has 0 saturated heterocycles. The van der Waals surface area contributed by atoms with Gasteiger partial charge in [-0.1, -0.05) is 25.5 Å². The predicted molar refractivity (Wildman–Crippen MR) is 41.4 cm³/mol. The minimum atomic E-state index is 0.606. The molecule has 1 aliphatic carbocycles. The van der Waals surface area contributed by atoms with Gasteiger partial charge in [0, 0.05) is 0 Å². The maximum absolute atomic E-state index is 4.01. The molecule has 0 spiro atoms. The van der Waals surface area contributed by atoms with Crippen LogP contribution in [0.1, 0.15) is 39.5 Å². The molecule has 0 nitrogen and oxygen atoms in total. The molecule has 0 aliphatic heterocycles. The molecule has 0 heteroatoms. The number of hydrogen-bond donors (Lipinski definition) is 0. The third kappa shape index (κ3) is 1.17. The highest BCUT2D eigenvalue weighted by Crippen LogP contribution is 2.54. The van der Waals surface area contributed by atoms with Crippen LogP contribution in [0.5, 0.6) is 0 Å². The molecule has 9 heavy (non-hydrogen) atoms. The van der Waals surface area contributed by atoms with Crippen molar-refractivity contribution in [1.29, 1.82) is 0 Å². The Hall–Kier alpha value is -0.260. The van der Waals surface area contributed by atoms with Crippen molar-refractivity contribution in [3.63, 3.8) is 0 Å². The summed E-state index contributed by atoms with van der Waals surface area (Å²) in [4.78, 5) is 0. The normalized spacial score (nSPS) is 21.6. The third-order valence-electron chi connectivity index (χ3n) is 2.49. The van der Waals surface area contributed by atoms with Crippen LogP contribution < -0.4 is 0 Å². The molecule has 0 radical (unpaired) electrons. The van der Waals surface area contributed by atoms with Gasteiger partial charge in [-0.05, 0) is 31.6 Å². The molecular weight excluding hydrogens is 108 g/mol. The molecule has 1 saturated carbocycles. The standard InChI is InChI=1S/C9H16/c1-4-5-9(6-7-9)8(2)3/h2,4-7H2,1,3H3. The molecule has 0 heterocycles. The SMILES string of the molecule is C=C(C)C1(CCC)CC1. The summed E-state index contributed by atoms with van der Waals surface area (Å²) in [6.45, 7) is 8.43. The fourth-order valence-corrected chi connectivity index (χ4v) is 1.52. The summed E-state index contributed by atoms with van der Waals surface area (Å²) in [6.07, 6.45) is 5.47. The second-order valence-electron chi connectivity index (χ2n) is 3.31. The van der Waals surface area contributed by atoms with Crippen LogP contribution in [-0.4, -0.2) is 0 Å². The maximum Gasteiger partial charge on any atom is -0.00930 e. The minimum Gasteiger partial charge on any atom is -0.0996 e. The van der Waals surface area contributed by atoms with Crippen molar-refractivity contribution in [2.45, 2.75) is 39.5 Å². The second kappa shape index (κ2) is 2.17. The van der Waals surface area contributed by atoms with Gasteiger partial charge in [0.25, 0.3) is 0 Å². The first kappa shape index (κ1) is 6.85. The fourth-order valence-electron chi connectivity index (χ4n) is 1.52. The summed E-state index contributed by atoms with van der Waals surface area (Å²) in [6, 6.07) is 0. The molecular formula is C9H16.